The standard InChI is InChI=1S/C52H34N2/c1-2-16-43(17-3-1)54-50-34-40(37-26-29-44(30-27-37)53-48-20-10-8-18-45(48)46-19-9-11-21-49(46)53)28-31-47(50)51(41-24-22-35-12-4-6-14-38(35)32-41)52(54)42-25-23-36-13-5-7-15-39(36)33-42/h1-34H. The Bertz CT molecular complexity index is 3150. The van der Waals surface area contributed by atoms with Crippen molar-refractivity contribution in [1.82, 2.24) is 9.13 Å². The smallest absolute Gasteiger partial charge is 0.0619 e. The summed E-state index contributed by atoms with van der Waals surface area (Å²) >= 11 is 0. The molecule has 0 spiro atoms. The Labute approximate surface area is 313 Å². The molecule has 0 saturated carbocycles. The molecule has 0 N–H and O–H groups in total. The number of para-hydroxylation sites is 3. The van der Waals surface area contributed by atoms with E-state index in [1.807, 2.05) is 0 Å². The van der Waals surface area contributed by atoms with Crippen molar-refractivity contribution >= 4 is 54.3 Å². The van der Waals surface area contributed by atoms with Crippen molar-refractivity contribution in [1.29, 1.82) is 0 Å². The van der Waals surface area contributed by atoms with E-state index in [2.05, 4.69) is 215 Å². The van der Waals surface area contributed by atoms with Crippen LogP contribution < -0.4 is 0 Å². The second kappa shape index (κ2) is 12.2. The Morgan fingerprint density at radius 2 is 0.759 bits per heavy atom. The van der Waals surface area contributed by atoms with Gasteiger partial charge >= 0.3 is 0 Å². The zero-order valence-corrected chi connectivity index (χ0v) is 29.5. The molecule has 2 nitrogen and oxygen atoms in total. The normalized spacial score (nSPS) is 11.7. The van der Waals surface area contributed by atoms with Gasteiger partial charge in [-0.25, -0.2) is 0 Å². The lowest BCUT2D eigenvalue weighted by Crippen LogP contribution is -1.98. The third-order valence-corrected chi connectivity index (χ3v) is 11.1. The van der Waals surface area contributed by atoms with Gasteiger partial charge in [-0.3, -0.25) is 0 Å². The summed E-state index contributed by atoms with van der Waals surface area (Å²) in [6.07, 6.45) is 0. The van der Waals surface area contributed by atoms with Crippen LogP contribution in [0.25, 0.3) is 99.1 Å². The average molecular weight is 687 g/mol. The second-order valence-corrected chi connectivity index (χ2v) is 14.2. The van der Waals surface area contributed by atoms with Crippen LogP contribution >= 0.6 is 0 Å². The summed E-state index contributed by atoms with van der Waals surface area (Å²) in [5.41, 5.74) is 13.1. The quantitative estimate of drug-likeness (QED) is 0.171. The zero-order chi connectivity index (χ0) is 35.6. The van der Waals surface area contributed by atoms with Gasteiger partial charge in [0.05, 0.1) is 22.2 Å². The Kier molecular flexibility index (Phi) is 6.90. The molecule has 9 aromatic carbocycles. The molecule has 252 valence electrons. The fourth-order valence-corrected chi connectivity index (χ4v) is 8.56. The molecule has 2 aromatic heterocycles. The van der Waals surface area contributed by atoms with Crippen LogP contribution in [-0.2, 0) is 0 Å². The van der Waals surface area contributed by atoms with E-state index < -0.39 is 0 Å². The summed E-state index contributed by atoms with van der Waals surface area (Å²) in [5.74, 6) is 0. The minimum atomic E-state index is 1.14. The van der Waals surface area contributed by atoms with Gasteiger partial charge in [-0.1, -0.05) is 152 Å². The van der Waals surface area contributed by atoms with Crippen LogP contribution in [0.4, 0.5) is 0 Å². The van der Waals surface area contributed by atoms with Crippen LogP contribution in [0.15, 0.2) is 206 Å². The van der Waals surface area contributed by atoms with Crippen LogP contribution in [0.5, 0.6) is 0 Å². The molecular formula is C52H34N2. The van der Waals surface area contributed by atoms with Gasteiger partial charge in [0.15, 0.2) is 0 Å². The highest BCUT2D eigenvalue weighted by Gasteiger charge is 2.23. The summed E-state index contributed by atoms with van der Waals surface area (Å²) < 4.78 is 4.85. The highest BCUT2D eigenvalue weighted by molar-refractivity contribution is 6.10. The molecule has 0 amide bonds. The average Bonchev–Trinajstić information content (AvgIpc) is 3.77. The van der Waals surface area contributed by atoms with Crippen molar-refractivity contribution in [2.45, 2.75) is 0 Å². The van der Waals surface area contributed by atoms with E-state index in [0.717, 1.165) is 11.4 Å². The van der Waals surface area contributed by atoms with E-state index in [9.17, 15) is 0 Å². The van der Waals surface area contributed by atoms with Gasteiger partial charge in [0.25, 0.3) is 0 Å². The molecule has 0 bridgehead atoms. The number of fused-ring (bicyclic) bond motifs is 6. The third kappa shape index (κ3) is 4.81. The number of aromatic nitrogens is 2. The molecule has 0 unspecified atom stereocenters. The molecule has 11 rings (SSSR count). The summed E-state index contributed by atoms with van der Waals surface area (Å²) in [6.45, 7) is 0. The van der Waals surface area contributed by atoms with Crippen LogP contribution in [0, 0.1) is 0 Å². The first-order valence-electron chi connectivity index (χ1n) is 18.6. The molecule has 0 aliphatic heterocycles. The maximum Gasteiger partial charge on any atom is 0.0619 e. The molecule has 54 heavy (non-hydrogen) atoms. The first kappa shape index (κ1) is 30.5. The number of rotatable bonds is 5. The topological polar surface area (TPSA) is 9.86 Å². The van der Waals surface area contributed by atoms with Gasteiger partial charge in [-0.05, 0) is 98.4 Å². The van der Waals surface area contributed by atoms with Gasteiger partial charge in [0, 0.05) is 33.1 Å². The van der Waals surface area contributed by atoms with Crippen LogP contribution in [-0.4, -0.2) is 9.13 Å². The lowest BCUT2D eigenvalue weighted by molar-refractivity contribution is 1.14. The Morgan fingerprint density at radius 1 is 0.259 bits per heavy atom. The van der Waals surface area contributed by atoms with E-state index in [-0.39, 0.29) is 0 Å². The van der Waals surface area contributed by atoms with Crippen molar-refractivity contribution in [2.75, 3.05) is 0 Å². The molecule has 0 radical (unpaired) electrons. The number of hydrogen-bond donors (Lipinski definition) is 0. The van der Waals surface area contributed by atoms with Crippen molar-refractivity contribution in [3.8, 4) is 44.9 Å². The minimum Gasteiger partial charge on any atom is -0.309 e. The first-order valence-corrected chi connectivity index (χ1v) is 18.6. The molecule has 0 fully saturated rings. The minimum absolute atomic E-state index is 1.14. The van der Waals surface area contributed by atoms with Gasteiger partial charge in [-0.2, -0.15) is 0 Å². The largest absolute Gasteiger partial charge is 0.309 e. The SMILES string of the molecule is c1ccc(-n2c(-c3ccc4ccccc4c3)c(-c3ccc4ccccc4c3)c3ccc(-c4ccc(-n5c6ccccc6c6ccccc65)cc4)cc32)cc1. The summed E-state index contributed by atoms with van der Waals surface area (Å²) in [6, 6.07) is 75.3. The lowest BCUT2D eigenvalue weighted by Gasteiger charge is -2.15. The first-order chi connectivity index (χ1) is 26.8. The highest BCUT2D eigenvalue weighted by atomic mass is 15.0. The predicted octanol–water partition coefficient (Wildman–Crippen LogP) is 14.0. The molecule has 0 aliphatic carbocycles. The molecule has 2 heterocycles. The van der Waals surface area contributed by atoms with Gasteiger partial charge in [-0.15, -0.1) is 0 Å². The van der Waals surface area contributed by atoms with Crippen molar-refractivity contribution in [3.05, 3.63) is 206 Å². The molecule has 0 saturated heterocycles. The zero-order valence-electron chi connectivity index (χ0n) is 29.5. The van der Waals surface area contributed by atoms with Gasteiger partial charge in [0.2, 0.25) is 0 Å². The highest BCUT2D eigenvalue weighted by Crippen LogP contribution is 2.45. The second-order valence-electron chi connectivity index (χ2n) is 14.2. The van der Waals surface area contributed by atoms with Crippen LogP contribution in [0.2, 0.25) is 0 Å². The third-order valence-electron chi connectivity index (χ3n) is 11.1. The molecule has 0 aliphatic rings. The monoisotopic (exact) mass is 686 g/mol. The van der Waals surface area contributed by atoms with Gasteiger partial charge < -0.3 is 9.13 Å². The van der Waals surface area contributed by atoms with E-state index in [4.69, 9.17) is 0 Å². The van der Waals surface area contributed by atoms with Crippen LogP contribution in [0.1, 0.15) is 0 Å². The van der Waals surface area contributed by atoms with Crippen LogP contribution in [0.3, 0.4) is 0 Å². The molecular weight excluding hydrogens is 653 g/mol. The van der Waals surface area contributed by atoms with Crippen molar-refractivity contribution in [3.63, 3.8) is 0 Å². The van der Waals surface area contributed by atoms with E-state index in [1.54, 1.807) is 0 Å². The Hall–Kier alpha value is -7.16. The summed E-state index contributed by atoms with van der Waals surface area (Å²) in [4.78, 5) is 0. The van der Waals surface area contributed by atoms with Crippen molar-refractivity contribution in [2.24, 2.45) is 0 Å². The van der Waals surface area contributed by atoms with Gasteiger partial charge in [0.1, 0.15) is 0 Å². The number of benzene rings is 9. The predicted molar refractivity (Wildman–Crippen MR) is 229 cm³/mol. The Balaban J connectivity index is 1.14. The van der Waals surface area contributed by atoms with E-state index in [0.29, 0.717) is 0 Å². The lowest BCUT2D eigenvalue weighted by atomic mass is 9.94. The fourth-order valence-electron chi connectivity index (χ4n) is 8.56. The maximum absolute atomic E-state index is 2.47. The number of hydrogen-bond acceptors (Lipinski definition) is 0. The molecule has 2 heteroatoms. The summed E-state index contributed by atoms with van der Waals surface area (Å²) in [5, 5.41) is 8.72. The van der Waals surface area contributed by atoms with Crippen molar-refractivity contribution < 1.29 is 0 Å². The molecule has 0 atom stereocenters. The van der Waals surface area contributed by atoms with E-state index in [1.165, 1.54) is 87.8 Å². The fraction of sp³-hybridized carbons (Fsp3) is 0. The van der Waals surface area contributed by atoms with E-state index >= 15 is 0 Å². The Morgan fingerprint density at radius 3 is 1.43 bits per heavy atom. The maximum atomic E-state index is 2.47. The summed E-state index contributed by atoms with van der Waals surface area (Å²) in [7, 11) is 0. The molecule has 11 aromatic rings. The number of nitrogens with zero attached hydrogens (tertiary/aromatic N) is 2.